The Hall–Kier alpha value is -3.73. The molecular weight excluding hydrogens is 542 g/mol. The van der Waals surface area contributed by atoms with Gasteiger partial charge in [0.05, 0.1) is 36.1 Å². The van der Waals surface area contributed by atoms with Crippen LogP contribution in [0.15, 0.2) is 77.7 Å². The number of aliphatic hydroxyl groups excluding tert-OH is 1. The molecule has 0 aliphatic carbocycles. The number of nitrogens with one attached hydrogen (secondary N) is 1. The predicted octanol–water partition coefficient (Wildman–Crippen LogP) is 3.72. The van der Waals surface area contributed by atoms with Crippen molar-refractivity contribution in [2.75, 3.05) is 32.1 Å². The lowest BCUT2D eigenvalue weighted by Gasteiger charge is -2.38. The van der Waals surface area contributed by atoms with E-state index < -0.39 is 22.2 Å². The van der Waals surface area contributed by atoms with E-state index in [1.807, 2.05) is 44.2 Å². The number of carbonyl (C=O) groups is 2. The molecule has 0 fully saturated rings. The number of sulfonamides is 1. The summed E-state index contributed by atoms with van der Waals surface area (Å²) in [6.07, 6.45) is -0.420. The Bertz CT molecular complexity index is 1480. The fourth-order valence-corrected chi connectivity index (χ4v) is 5.93. The number of likely N-dealkylation sites (N-methyl/N-ethyl adjacent to an activating group) is 1. The van der Waals surface area contributed by atoms with E-state index in [2.05, 4.69) is 5.32 Å². The molecule has 3 aromatic rings. The zero-order chi connectivity index (χ0) is 29.7. The van der Waals surface area contributed by atoms with Gasteiger partial charge in [-0.25, -0.2) is 8.42 Å². The standard InChI is InChI=1S/C31H37N3O6S/c1-21-10-13-26(14-11-21)41(38,39)33(4)19-29-22(2)18-34(23(3)20-35)31(37)27-17-25(12-15-28(27)40-29)32-30(36)16-24-8-6-5-7-9-24/h5-15,17,22-23,29,35H,16,18-20H2,1-4H3,(H,32,36)/t22-,23-,29-/m0/s1. The summed E-state index contributed by atoms with van der Waals surface area (Å²) < 4.78 is 34.2. The zero-order valence-corrected chi connectivity index (χ0v) is 24.6. The number of amides is 2. The molecule has 0 saturated carbocycles. The number of hydrogen-bond acceptors (Lipinski definition) is 6. The summed E-state index contributed by atoms with van der Waals surface area (Å²) in [4.78, 5) is 28.1. The van der Waals surface area contributed by atoms with Gasteiger partial charge in [-0.1, -0.05) is 55.0 Å². The number of hydrogen-bond donors (Lipinski definition) is 2. The first kappa shape index (κ1) is 30.2. The summed E-state index contributed by atoms with van der Waals surface area (Å²) in [5.41, 5.74) is 2.48. The van der Waals surface area contributed by atoms with Crippen LogP contribution in [0.3, 0.4) is 0 Å². The lowest BCUT2D eigenvalue weighted by molar-refractivity contribution is -0.115. The van der Waals surface area contributed by atoms with E-state index in [0.29, 0.717) is 5.69 Å². The first-order valence-corrected chi connectivity index (χ1v) is 15.0. The molecule has 0 bridgehead atoms. The summed E-state index contributed by atoms with van der Waals surface area (Å²) in [5.74, 6) is -0.553. The number of aliphatic hydroxyl groups is 1. The normalized spacial score (nSPS) is 18.2. The molecule has 0 radical (unpaired) electrons. The highest BCUT2D eigenvalue weighted by atomic mass is 32.2. The van der Waals surface area contributed by atoms with Gasteiger partial charge < -0.3 is 20.1 Å². The van der Waals surface area contributed by atoms with Crippen LogP contribution in [0, 0.1) is 12.8 Å². The van der Waals surface area contributed by atoms with Gasteiger partial charge in [0.2, 0.25) is 15.9 Å². The maximum Gasteiger partial charge on any atom is 0.258 e. The molecule has 9 nitrogen and oxygen atoms in total. The van der Waals surface area contributed by atoms with Gasteiger partial charge in [-0.15, -0.1) is 0 Å². The average Bonchev–Trinajstić information content (AvgIpc) is 2.95. The fourth-order valence-electron chi connectivity index (χ4n) is 4.75. The molecule has 1 aliphatic heterocycles. The lowest BCUT2D eigenvalue weighted by atomic mass is 9.99. The molecule has 3 aromatic carbocycles. The summed E-state index contributed by atoms with van der Waals surface area (Å²) in [5, 5.41) is 12.8. The predicted molar refractivity (Wildman–Crippen MR) is 157 cm³/mol. The van der Waals surface area contributed by atoms with Crippen molar-refractivity contribution >= 4 is 27.5 Å². The maximum absolute atomic E-state index is 13.7. The smallest absolute Gasteiger partial charge is 0.258 e. The molecule has 0 spiro atoms. The van der Waals surface area contributed by atoms with Gasteiger partial charge in [0.25, 0.3) is 5.91 Å². The van der Waals surface area contributed by atoms with Crippen LogP contribution in [0.5, 0.6) is 5.75 Å². The first-order chi connectivity index (χ1) is 19.5. The zero-order valence-electron chi connectivity index (χ0n) is 23.8. The van der Waals surface area contributed by atoms with Crippen LogP contribution < -0.4 is 10.1 Å². The van der Waals surface area contributed by atoms with Gasteiger partial charge in [0, 0.05) is 25.2 Å². The number of ether oxygens (including phenoxy) is 1. The van der Waals surface area contributed by atoms with Gasteiger partial charge >= 0.3 is 0 Å². The number of nitrogens with zero attached hydrogens (tertiary/aromatic N) is 2. The number of rotatable bonds is 9. The number of anilines is 1. The van der Waals surface area contributed by atoms with Crippen molar-refractivity contribution in [3.05, 3.63) is 89.5 Å². The van der Waals surface area contributed by atoms with Crippen LogP contribution in [-0.2, 0) is 21.2 Å². The Morgan fingerprint density at radius 2 is 1.80 bits per heavy atom. The van der Waals surface area contributed by atoms with E-state index in [0.717, 1.165) is 11.1 Å². The highest BCUT2D eigenvalue weighted by Gasteiger charge is 2.35. The number of aryl methyl sites for hydroxylation is 1. The second kappa shape index (κ2) is 12.8. The van der Waals surface area contributed by atoms with E-state index in [9.17, 15) is 23.1 Å². The minimum Gasteiger partial charge on any atom is -0.488 e. The summed E-state index contributed by atoms with van der Waals surface area (Å²) in [6, 6.07) is 20.4. The molecule has 218 valence electrons. The number of benzene rings is 3. The van der Waals surface area contributed by atoms with Gasteiger partial charge in [-0.3, -0.25) is 9.59 Å². The molecule has 41 heavy (non-hydrogen) atoms. The molecule has 0 unspecified atom stereocenters. The van der Waals surface area contributed by atoms with Crippen molar-refractivity contribution in [1.82, 2.24) is 9.21 Å². The highest BCUT2D eigenvalue weighted by Crippen LogP contribution is 2.31. The quantitative estimate of drug-likeness (QED) is 0.399. The monoisotopic (exact) mass is 579 g/mol. The number of carbonyl (C=O) groups excluding carboxylic acids is 2. The van der Waals surface area contributed by atoms with E-state index in [1.54, 1.807) is 54.3 Å². The average molecular weight is 580 g/mol. The molecule has 0 saturated heterocycles. The molecular formula is C31H37N3O6S. The molecule has 10 heteroatoms. The summed E-state index contributed by atoms with van der Waals surface area (Å²) in [7, 11) is -2.27. The van der Waals surface area contributed by atoms with E-state index in [4.69, 9.17) is 4.74 Å². The molecule has 1 heterocycles. The SMILES string of the molecule is Cc1ccc(S(=O)(=O)N(C)C[C@@H]2Oc3ccc(NC(=O)Cc4ccccc4)cc3C(=O)N([C@@H](C)CO)C[C@@H]2C)cc1. The second-order valence-electron chi connectivity index (χ2n) is 10.6. The van der Waals surface area contributed by atoms with Crippen molar-refractivity contribution in [1.29, 1.82) is 0 Å². The second-order valence-corrected chi connectivity index (χ2v) is 12.7. The molecule has 4 rings (SSSR count). The molecule has 3 atom stereocenters. The molecule has 2 amide bonds. The van der Waals surface area contributed by atoms with Crippen molar-refractivity contribution in [3.63, 3.8) is 0 Å². The van der Waals surface area contributed by atoms with Crippen molar-refractivity contribution in [2.24, 2.45) is 5.92 Å². The Morgan fingerprint density at radius 3 is 2.46 bits per heavy atom. The first-order valence-electron chi connectivity index (χ1n) is 13.6. The van der Waals surface area contributed by atoms with Crippen LogP contribution in [0.4, 0.5) is 5.69 Å². The lowest BCUT2D eigenvalue weighted by Crippen LogP contribution is -2.50. The molecule has 1 aliphatic rings. The van der Waals surface area contributed by atoms with Crippen molar-refractivity contribution in [3.8, 4) is 5.75 Å². The molecule has 0 aromatic heterocycles. The minimum atomic E-state index is -3.78. The van der Waals surface area contributed by atoms with Crippen LogP contribution >= 0.6 is 0 Å². The Balaban J connectivity index is 1.61. The third kappa shape index (κ3) is 7.13. The topological polar surface area (TPSA) is 116 Å². The molecule has 2 N–H and O–H groups in total. The van der Waals surface area contributed by atoms with Crippen molar-refractivity contribution in [2.45, 2.75) is 44.2 Å². The van der Waals surface area contributed by atoms with E-state index in [-0.39, 0.29) is 60.1 Å². The number of fused-ring (bicyclic) bond motifs is 1. The largest absolute Gasteiger partial charge is 0.488 e. The maximum atomic E-state index is 13.7. The van der Waals surface area contributed by atoms with Crippen LogP contribution in [0.25, 0.3) is 0 Å². The third-order valence-corrected chi connectivity index (χ3v) is 9.16. The summed E-state index contributed by atoms with van der Waals surface area (Å²) in [6.45, 7) is 5.58. The van der Waals surface area contributed by atoms with Crippen molar-refractivity contribution < 1.29 is 27.9 Å². The minimum absolute atomic E-state index is 0.0436. The van der Waals surface area contributed by atoms with Gasteiger partial charge in [-0.2, -0.15) is 4.31 Å². The van der Waals surface area contributed by atoms with Gasteiger partial charge in [0.15, 0.2) is 0 Å². The van der Waals surface area contributed by atoms with Gasteiger partial charge in [-0.05, 0) is 49.7 Å². The van der Waals surface area contributed by atoms with Crippen LogP contribution in [0.1, 0.15) is 35.3 Å². The highest BCUT2D eigenvalue weighted by molar-refractivity contribution is 7.89. The van der Waals surface area contributed by atoms with E-state index in [1.165, 1.54) is 11.4 Å². The Labute approximate surface area is 241 Å². The third-order valence-electron chi connectivity index (χ3n) is 7.32. The van der Waals surface area contributed by atoms with Crippen LogP contribution in [-0.4, -0.2) is 73.4 Å². The Kier molecular flexibility index (Phi) is 9.47. The Morgan fingerprint density at radius 1 is 1.12 bits per heavy atom. The van der Waals surface area contributed by atoms with Gasteiger partial charge in [0.1, 0.15) is 11.9 Å². The van der Waals surface area contributed by atoms with E-state index >= 15 is 0 Å². The summed E-state index contributed by atoms with van der Waals surface area (Å²) >= 11 is 0. The fraction of sp³-hybridized carbons (Fsp3) is 0.355. The van der Waals surface area contributed by atoms with Crippen LogP contribution in [0.2, 0.25) is 0 Å².